The first-order valence-electron chi connectivity index (χ1n) is 6.57. The topological polar surface area (TPSA) is 43.1 Å². The SMILES string of the molecule is Cc1ncsc1CCSc1nnc2sc3ccccc3n12. The van der Waals surface area contributed by atoms with E-state index in [1.165, 1.54) is 15.1 Å². The van der Waals surface area contributed by atoms with E-state index in [1.807, 2.05) is 5.51 Å². The first-order valence-corrected chi connectivity index (χ1v) is 9.25. The van der Waals surface area contributed by atoms with E-state index in [-0.39, 0.29) is 0 Å². The molecule has 1 aromatic carbocycles. The van der Waals surface area contributed by atoms with E-state index < -0.39 is 0 Å². The molecule has 0 saturated heterocycles. The number of rotatable bonds is 4. The molecule has 0 aliphatic rings. The van der Waals surface area contributed by atoms with Crippen molar-refractivity contribution < 1.29 is 0 Å². The Hall–Kier alpha value is -1.44. The normalized spacial score (nSPS) is 11.7. The van der Waals surface area contributed by atoms with E-state index in [1.54, 1.807) is 34.4 Å². The van der Waals surface area contributed by atoms with Crippen LogP contribution in [0.5, 0.6) is 0 Å². The van der Waals surface area contributed by atoms with Crippen LogP contribution in [0.1, 0.15) is 10.6 Å². The summed E-state index contributed by atoms with van der Waals surface area (Å²) >= 11 is 5.17. The number of aryl methyl sites for hydroxylation is 2. The Bertz CT molecular complexity index is 905. The largest absolute Gasteiger partial charge is 0.260 e. The summed E-state index contributed by atoms with van der Waals surface area (Å²) < 4.78 is 3.41. The smallest absolute Gasteiger partial charge is 0.217 e. The van der Waals surface area contributed by atoms with Gasteiger partial charge in [-0.25, -0.2) is 4.98 Å². The second-order valence-corrected chi connectivity index (χ2v) is 7.64. The van der Waals surface area contributed by atoms with Gasteiger partial charge in [-0.05, 0) is 25.5 Å². The molecule has 0 aliphatic heterocycles. The third-order valence-corrected chi connectivity index (χ3v) is 6.25. The standard InChI is InChI=1S/C14H12N4S3/c1-9-11(20-8-15-9)6-7-19-13-16-17-14-18(13)10-4-2-3-5-12(10)21-14/h2-5,8H,6-7H2,1H3. The van der Waals surface area contributed by atoms with Gasteiger partial charge in [-0.15, -0.1) is 21.5 Å². The van der Waals surface area contributed by atoms with Gasteiger partial charge in [-0.2, -0.15) is 0 Å². The molecular formula is C14H12N4S3. The zero-order valence-electron chi connectivity index (χ0n) is 11.3. The fraction of sp³-hybridized carbons (Fsp3) is 0.214. The van der Waals surface area contributed by atoms with E-state index in [4.69, 9.17) is 0 Å². The summed E-state index contributed by atoms with van der Waals surface area (Å²) in [6.07, 6.45) is 1.03. The molecule has 4 nitrogen and oxygen atoms in total. The molecule has 0 amide bonds. The van der Waals surface area contributed by atoms with Crippen LogP contribution < -0.4 is 0 Å². The van der Waals surface area contributed by atoms with Crippen LogP contribution in [0, 0.1) is 6.92 Å². The third kappa shape index (κ3) is 2.35. The summed E-state index contributed by atoms with van der Waals surface area (Å²) in [4.78, 5) is 6.62. The second kappa shape index (κ2) is 5.40. The Balaban J connectivity index is 1.60. The Morgan fingerprint density at radius 3 is 3.00 bits per heavy atom. The van der Waals surface area contributed by atoms with Crippen molar-refractivity contribution in [3.8, 4) is 0 Å². The number of benzene rings is 1. The zero-order chi connectivity index (χ0) is 14.2. The van der Waals surface area contributed by atoms with E-state index in [2.05, 4.69) is 50.8 Å². The van der Waals surface area contributed by atoms with Gasteiger partial charge in [-0.1, -0.05) is 35.2 Å². The van der Waals surface area contributed by atoms with Gasteiger partial charge in [0, 0.05) is 10.6 Å². The van der Waals surface area contributed by atoms with Gasteiger partial charge in [0.15, 0.2) is 5.16 Å². The molecule has 7 heteroatoms. The summed E-state index contributed by atoms with van der Waals surface area (Å²) in [7, 11) is 0. The number of thiazole rings is 2. The van der Waals surface area contributed by atoms with Crippen LogP contribution >= 0.6 is 34.4 Å². The van der Waals surface area contributed by atoms with Crippen molar-refractivity contribution in [3.63, 3.8) is 0 Å². The van der Waals surface area contributed by atoms with Crippen LogP contribution in [0.15, 0.2) is 34.9 Å². The number of aromatic nitrogens is 4. The van der Waals surface area contributed by atoms with Crippen LogP contribution in [0.4, 0.5) is 0 Å². The monoisotopic (exact) mass is 332 g/mol. The zero-order valence-corrected chi connectivity index (χ0v) is 13.8. The summed E-state index contributed by atoms with van der Waals surface area (Å²) in [5.74, 6) is 0.994. The Kier molecular flexibility index (Phi) is 3.40. The number of para-hydroxylation sites is 1. The highest BCUT2D eigenvalue weighted by Gasteiger charge is 2.12. The Morgan fingerprint density at radius 1 is 1.24 bits per heavy atom. The van der Waals surface area contributed by atoms with Crippen LogP contribution in [-0.4, -0.2) is 25.3 Å². The molecule has 0 bridgehead atoms. The van der Waals surface area contributed by atoms with Gasteiger partial charge in [0.25, 0.3) is 0 Å². The number of fused-ring (bicyclic) bond motifs is 3. The maximum Gasteiger partial charge on any atom is 0.217 e. The molecule has 0 aliphatic carbocycles. The molecule has 21 heavy (non-hydrogen) atoms. The van der Waals surface area contributed by atoms with Gasteiger partial charge in [0.05, 0.1) is 21.4 Å². The Labute approximate surface area is 133 Å². The van der Waals surface area contributed by atoms with Gasteiger partial charge < -0.3 is 0 Å². The summed E-state index contributed by atoms with van der Waals surface area (Å²) in [5, 5.41) is 9.59. The van der Waals surface area contributed by atoms with E-state index in [9.17, 15) is 0 Å². The predicted octanol–water partition coefficient (Wildman–Crippen LogP) is 4.04. The summed E-state index contributed by atoms with van der Waals surface area (Å²) in [6, 6.07) is 8.37. The quantitative estimate of drug-likeness (QED) is 0.529. The van der Waals surface area contributed by atoms with Crippen molar-refractivity contribution in [1.29, 1.82) is 0 Å². The molecule has 0 saturated carbocycles. The average Bonchev–Trinajstić information content (AvgIpc) is 3.16. The van der Waals surface area contributed by atoms with E-state index >= 15 is 0 Å². The van der Waals surface area contributed by atoms with Gasteiger partial charge >= 0.3 is 0 Å². The molecule has 3 aromatic heterocycles. The highest BCUT2D eigenvalue weighted by Crippen LogP contribution is 2.29. The molecule has 0 N–H and O–H groups in total. The molecule has 4 aromatic rings. The van der Waals surface area contributed by atoms with Crippen LogP contribution in [0.2, 0.25) is 0 Å². The fourth-order valence-electron chi connectivity index (χ4n) is 2.25. The molecule has 3 heterocycles. The predicted molar refractivity (Wildman–Crippen MR) is 89.6 cm³/mol. The van der Waals surface area contributed by atoms with E-state index in [0.717, 1.165) is 28.0 Å². The Morgan fingerprint density at radius 2 is 2.14 bits per heavy atom. The first kappa shape index (κ1) is 13.2. The second-order valence-electron chi connectivity index (χ2n) is 4.63. The van der Waals surface area contributed by atoms with Gasteiger partial charge in [0.1, 0.15) is 0 Å². The average molecular weight is 332 g/mol. The molecule has 0 spiro atoms. The minimum atomic E-state index is 0.965. The lowest BCUT2D eigenvalue weighted by Gasteiger charge is -1.99. The molecule has 106 valence electrons. The van der Waals surface area contributed by atoms with Crippen LogP contribution in [0.25, 0.3) is 15.2 Å². The molecule has 0 fully saturated rings. The van der Waals surface area contributed by atoms with Gasteiger partial charge in [-0.3, -0.25) is 4.40 Å². The number of hydrogen-bond donors (Lipinski definition) is 0. The maximum absolute atomic E-state index is 4.32. The van der Waals surface area contributed by atoms with Gasteiger partial charge in [0.2, 0.25) is 4.96 Å². The van der Waals surface area contributed by atoms with Crippen LogP contribution in [0.3, 0.4) is 0 Å². The molecular weight excluding hydrogens is 320 g/mol. The first-order chi connectivity index (χ1) is 10.3. The van der Waals surface area contributed by atoms with Crippen molar-refractivity contribution in [2.24, 2.45) is 0 Å². The molecule has 0 unspecified atom stereocenters. The lowest BCUT2D eigenvalue weighted by atomic mass is 10.3. The van der Waals surface area contributed by atoms with E-state index in [0.29, 0.717) is 0 Å². The maximum atomic E-state index is 4.32. The lowest BCUT2D eigenvalue weighted by Crippen LogP contribution is -1.91. The van der Waals surface area contributed by atoms with Crippen molar-refractivity contribution >= 4 is 49.6 Å². The third-order valence-electron chi connectivity index (χ3n) is 3.32. The van der Waals surface area contributed by atoms with Crippen LogP contribution in [-0.2, 0) is 6.42 Å². The van der Waals surface area contributed by atoms with Crippen molar-refractivity contribution in [2.75, 3.05) is 5.75 Å². The highest BCUT2D eigenvalue weighted by molar-refractivity contribution is 7.99. The lowest BCUT2D eigenvalue weighted by molar-refractivity contribution is 0.938. The number of hydrogen-bond acceptors (Lipinski definition) is 6. The van der Waals surface area contributed by atoms with Crippen molar-refractivity contribution in [2.45, 2.75) is 18.5 Å². The molecule has 0 radical (unpaired) electrons. The number of thioether (sulfide) groups is 1. The molecule has 0 atom stereocenters. The fourth-order valence-corrected chi connectivity index (χ4v) is 5.08. The minimum absolute atomic E-state index is 0.965. The van der Waals surface area contributed by atoms with Crippen molar-refractivity contribution in [1.82, 2.24) is 19.6 Å². The number of nitrogens with zero attached hydrogens (tertiary/aromatic N) is 4. The minimum Gasteiger partial charge on any atom is -0.260 e. The summed E-state index contributed by atoms with van der Waals surface area (Å²) in [6.45, 7) is 2.07. The highest BCUT2D eigenvalue weighted by atomic mass is 32.2. The summed E-state index contributed by atoms with van der Waals surface area (Å²) in [5.41, 5.74) is 4.25. The van der Waals surface area contributed by atoms with Crippen molar-refractivity contribution in [3.05, 3.63) is 40.3 Å². The molecule has 4 rings (SSSR count).